The molecule has 1 aromatic heterocycles. The van der Waals surface area contributed by atoms with Crippen LogP contribution >= 0.6 is 11.8 Å². The van der Waals surface area contributed by atoms with Crippen LogP contribution in [0.1, 0.15) is 11.1 Å². The Labute approximate surface area is 194 Å². The first-order valence-electron chi connectivity index (χ1n) is 10.1. The molecule has 1 N–H and O–H groups in total. The van der Waals surface area contributed by atoms with Crippen molar-refractivity contribution >= 4 is 34.3 Å². The van der Waals surface area contributed by atoms with E-state index in [1.165, 1.54) is 11.8 Å². The molecule has 7 nitrogen and oxygen atoms in total. The number of para-hydroxylation sites is 1. The van der Waals surface area contributed by atoms with Gasteiger partial charge in [-0.3, -0.25) is 14.2 Å². The number of methoxy groups -OCH3 is 1. The number of carbonyl (C=O) groups is 1. The molecule has 4 aromatic rings. The third-order valence-electron chi connectivity index (χ3n) is 4.93. The lowest BCUT2D eigenvalue weighted by Gasteiger charge is -2.13. The van der Waals surface area contributed by atoms with Crippen molar-refractivity contribution in [1.82, 2.24) is 9.55 Å². The van der Waals surface area contributed by atoms with E-state index >= 15 is 0 Å². The molecule has 0 radical (unpaired) electrons. The summed E-state index contributed by atoms with van der Waals surface area (Å²) in [6.45, 7) is 0.314. The molecule has 0 saturated heterocycles. The minimum absolute atomic E-state index is 0.0597. The average molecular weight is 457 g/mol. The third kappa shape index (κ3) is 5.22. The van der Waals surface area contributed by atoms with Crippen LogP contribution in [0.15, 0.2) is 82.7 Å². The lowest BCUT2D eigenvalue weighted by Crippen LogP contribution is -2.25. The van der Waals surface area contributed by atoms with E-state index in [0.29, 0.717) is 33.9 Å². The summed E-state index contributed by atoms with van der Waals surface area (Å²) in [7, 11) is 1.60. The summed E-state index contributed by atoms with van der Waals surface area (Å²) in [5.41, 5.74) is 2.33. The van der Waals surface area contributed by atoms with Gasteiger partial charge in [-0.1, -0.05) is 42.1 Å². The average Bonchev–Trinajstić information content (AvgIpc) is 2.85. The Morgan fingerprint density at radius 2 is 1.91 bits per heavy atom. The van der Waals surface area contributed by atoms with Crippen molar-refractivity contribution in [1.29, 1.82) is 5.26 Å². The van der Waals surface area contributed by atoms with Crippen LogP contribution in [0, 0.1) is 11.3 Å². The molecule has 0 aliphatic carbocycles. The Hall–Kier alpha value is -4.09. The summed E-state index contributed by atoms with van der Waals surface area (Å²) in [4.78, 5) is 30.4. The zero-order chi connectivity index (χ0) is 23.2. The van der Waals surface area contributed by atoms with E-state index in [1.54, 1.807) is 54.1 Å². The number of rotatable bonds is 7. The van der Waals surface area contributed by atoms with Gasteiger partial charge in [-0.05, 0) is 48.0 Å². The fourth-order valence-corrected chi connectivity index (χ4v) is 4.10. The van der Waals surface area contributed by atoms with E-state index in [4.69, 9.17) is 10.00 Å². The smallest absolute Gasteiger partial charge is 0.262 e. The molecule has 0 spiro atoms. The summed E-state index contributed by atoms with van der Waals surface area (Å²) in [5, 5.41) is 12.8. The maximum absolute atomic E-state index is 13.2. The molecular weight excluding hydrogens is 436 g/mol. The Balaban J connectivity index is 1.59. The van der Waals surface area contributed by atoms with Crippen LogP contribution in [-0.2, 0) is 11.3 Å². The summed E-state index contributed by atoms with van der Waals surface area (Å²) in [5.74, 6) is 0.535. The summed E-state index contributed by atoms with van der Waals surface area (Å²) in [6.07, 6.45) is 0. The molecule has 4 rings (SSSR count). The number of aromatic nitrogens is 2. The molecule has 0 bridgehead atoms. The molecule has 0 aliphatic rings. The number of ether oxygens (including phenoxy) is 1. The lowest BCUT2D eigenvalue weighted by atomic mass is 10.2. The van der Waals surface area contributed by atoms with Crippen molar-refractivity contribution in [3.8, 4) is 11.8 Å². The zero-order valence-electron chi connectivity index (χ0n) is 17.8. The van der Waals surface area contributed by atoms with Crippen LogP contribution in [-0.4, -0.2) is 28.3 Å². The number of amides is 1. The van der Waals surface area contributed by atoms with Crippen molar-refractivity contribution in [3.63, 3.8) is 0 Å². The van der Waals surface area contributed by atoms with Gasteiger partial charge in [0.25, 0.3) is 5.56 Å². The van der Waals surface area contributed by atoms with E-state index < -0.39 is 0 Å². The molecule has 0 unspecified atom stereocenters. The van der Waals surface area contributed by atoms with Gasteiger partial charge >= 0.3 is 0 Å². The van der Waals surface area contributed by atoms with Crippen LogP contribution < -0.4 is 15.6 Å². The van der Waals surface area contributed by atoms with Gasteiger partial charge in [-0.2, -0.15) is 5.26 Å². The molecule has 33 heavy (non-hydrogen) atoms. The molecule has 0 fully saturated rings. The van der Waals surface area contributed by atoms with E-state index in [9.17, 15) is 9.59 Å². The zero-order valence-corrected chi connectivity index (χ0v) is 18.6. The highest BCUT2D eigenvalue weighted by molar-refractivity contribution is 7.99. The van der Waals surface area contributed by atoms with Crippen molar-refractivity contribution in [3.05, 3.63) is 94.3 Å². The minimum Gasteiger partial charge on any atom is -0.497 e. The molecule has 0 aliphatic heterocycles. The van der Waals surface area contributed by atoms with Crippen LogP contribution in [0.2, 0.25) is 0 Å². The normalized spacial score (nSPS) is 10.5. The highest BCUT2D eigenvalue weighted by Gasteiger charge is 2.14. The van der Waals surface area contributed by atoms with Gasteiger partial charge in [0.2, 0.25) is 5.91 Å². The number of nitrogens with zero attached hydrogens (tertiary/aromatic N) is 3. The number of hydrogen-bond donors (Lipinski definition) is 1. The van der Waals surface area contributed by atoms with E-state index in [-0.39, 0.29) is 17.2 Å². The molecule has 3 aromatic carbocycles. The highest BCUT2D eigenvalue weighted by atomic mass is 32.2. The van der Waals surface area contributed by atoms with Crippen molar-refractivity contribution < 1.29 is 9.53 Å². The van der Waals surface area contributed by atoms with E-state index in [1.807, 2.05) is 36.4 Å². The van der Waals surface area contributed by atoms with Crippen LogP contribution in [0.5, 0.6) is 5.75 Å². The maximum Gasteiger partial charge on any atom is 0.262 e. The number of nitriles is 1. The Morgan fingerprint density at radius 3 is 2.67 bits per heavy atom. The topological polar surface area (TPSA) is 97.0 Å². The van der Waals surface area contributed by atoms with Crippen molar-refractivity contribution in [2.24, 2.45) is 0 Å². The predicted octanol–water partition coefficient (Wildman–Crippen LogP) is 4.06. The number of nitrogens with one attached hydrogen (secondary N) is 1. The standard InChI is InChI=1S/C25H20N4O3S/c1-32-20-11-9-17(10-12-20)15-29-24(31)21-7-2-3-8-22(21)28-25(29)33-16-23(30)27-19-6-4-5-18(13-19)14-26/h2-13H,15-16H2,1H3,(H,27,30). The predicted molar refractivity (Wildman–Crippen MR) is 129 cm³/mol. The number of thioether (sulfide) groups is 1. The van der Waals surface area contributed by atoms with Crippen LogP contribution in [0.25, 0.3) is 10.9 Å². The molecule has 0 atom stereocenters. The van der Waals surface area contributed by atoms with Gasteiger partial charge in [0.05, 0.1) is 41.9 Å². The first kappa shape index (κ1) is 22.1. The first-order valence-corrected chi connectivity index (χ1v) is 11.1. The maximum atomic E-state index is 13.2. The summed E-state index contributed by atoms with van der Waals surface area (Å²) in [6, 6.07) is 23.4. The molecule has 0 saturated carbocycles. The fraction of sp³-hybridized carbons (Fsp3) is 0.120. The Bertz CT molecular complexity index is 1410. The van der Waals surface area contributed by atoms with Gasteiger partial charge in [0.1, 0.15) is 5.75 Å². The minimum atomic E-state index is -0.256. The lowest BCUT2D eigenvalue weighted by molar-refractivity contribution is -0.113. The van der Waals surface area contributed by atoms with Gasteiger partial charge in [-0.15, -0.1) is 0 Å². The quantitative estimate of drug-likeness (QED) is 0.333. The SMILES string of the molecule is COc1ccc(Cn2c(SCC(=O)Nc3cccc(C#N)c3)nc3ccccc3c2=O)cc1. The second kappa shape index (κ2) is 10.0. The highest BCUT2D eigenvalue weighted by Crippen LogP contribution is 2.20. The first-order chi connectivity index (χ1) is 16.1. The number of anilines is 1. The number of benzene rings is 3. The molecule has 1 amide bonds. The van der Waals surface area contributed by atoms with Crippen LogP contribution in [0.3, 0.4) is 0 Å². The van der Waals surface area contributed by atoms with Crippen LogP contribution in [0.4, 0.5) is 5.69 Å². The second-order valence-electron chi connectivity index (χ2n) is 7.18. The van der Waals surface area contributed by atoms with Crippen molar-refractivity contribution in [2.45, 2.75) is 11.7 Å². The molecule has 1 heterocycles. The van der Waals surface area contributed by atoms with Crippen molar-refractivity contribution in [2.75, 3.05) is 18.2 Å². The van der Waals surface area contributed by atoms with Gasteiger partial charge in [0.15, 0.2) is 5.16 Å². The van der Waals surface area contributed by atoms with Gasteiger partial charge in [0, 0.05) is 5.69 Å². The number of hydrogen-bond acceptors (Lipinski definition) is 6. The molecule has 164 valence electrons. The Morgan fingerprint density at radius 1 is 1.12 bits per heavy atom. The molecule has 8 heteroatoms. The third-order valence-corrected chi connectivity index (χ3v) is 5.91. The van der Waals surface area contributed by atoms with Gasteiger partial charge in [-0.25, -0.2) is 4.98 Å². The summed E-state index contributed by atoms with van der Waals surface area (Å²) < 4.78 is 6.79. The van der Waals surface area contributed by atoms with E-state index in [2.05, 4.69) is 10.3 Å². The Kier molecular flexibility index (Phi) is 6.72. The number of fused-ring (bicyclic) bond motifs is 1. The molecular formula is C25H20N4O3S. The largest absolute Gasteiger partial charge is 0.497 e. The fourth-order valence-electron chi connectivity index (χ4n) is 3.30. The van der Waals surface area contributed by atoms with E-state index in [0.717, 1.165) is 11.3 Å². The monoisotopic (exact) mass is 456 g/mol. The number of carbonyl (C=O) groups excluding carboxylic acids is 1. The summed E-state index contributed by atoms with van der Waals surface area (Å²) >= 11 is 1.19. The van der Waals surface area contributed by atoms with Gasteiger partial charge < -0.3 is 10.1 Å². The second-order valence-corrected chi connectivity index (χ2v) is 8.12.